The van der Waals surface area contributed by atoms with E-state index >= 15 is 0 Å². The van der Waals surface area contributed by atoms with Crippen LogP contribution in [0.25, 0.3) is 0 Å². The van der Waals surface area contributed by atoms with E-state index in [-0.39, 0.29) is 48.4 Å². The number of carbonyl (C=O) groups is 4. The third-order valence-electron chi connectivity index (χ3n) is 12.0. The number of carbonyl (C=O) groups excluding carboxylic acids is 4. The van der Waals surface area contributed by atoms with Crippen LogP contribution in [0.1, 0.15) is 75.7 Å². The molecule has 7 unspecified atom stereocenters. The maximum absolute atomic E-state index is 13.7. The van der Waals surface area contributed by atoms with Crippen molar-refractivity contribution in [1.82, 2.24) is 0 Å². The summed E-state index contributed by atoms with van der Waals surface area (Å²) in [6.45, 7) is 6.66. The number of cyclic esters (lactones) is 1. The minimum absolute atomic E-state index is 0.0117. The van der Waals surface area contributed by atoms with E-state index in [4.69, 9.17) is 14.2 Å². The first-order valence-electron chi connectivity index (χ1n) is 17.2. The highest BCUT2D eigenvalue weighted by atomic mass is 16.7. The predicted octanol–water partition coefficient (Wildman–Crippen LogP) is 6.05. The van der Waals surface area contributed by atoms with Crippen LogP contribution >= 0.6 is 0 Å². The maximum atomic E-state index is 13.7. The summed E-state index contributed by atoms with van der Waals surface area (Å²) in [5.41, 5.74) is -0.534. The van der Waals surface area contributed by atoms with Gasteiger partial charge in [-0.2, -0.15) is 10.2 Å². The first-order chi connectivity index (χ1) is 23.6. The molecule has 1 heterocycles. The number of aliphatic hydroxyl groups excluding tert-OH is 1. The summed E-state index contributed by atoms with van der Waals surface area (Å²) in [6, 6.07) is 11.7. The van der Waals surface area contributed by atoms with Crippen molar-refractivity contribution >= 4 is 34.9 Å². The van der Waals surface area contributed by atoms with Gasteiger partial charge in [0.2, 0.25) is 11.6 Å². The van der Waals surface area contributed by atoms with Crippen LogP contribution in [0.3, 0.4) is 0 Å². The number of azo groups is 1. The van der Waals surface area contributed by atoms with Crippen LogP contribution in [0.4, 0.5) is 11.4 Å². The van der Waals surface area contributed by atoms with Crippen molar-refractivity contribution in [2.45, 2.75) is 83.7 Å². The number of esters is 2. The molecule has 11 nitrogen and oxygen atoms in total. The molecule has 3 saturated carbocycles. The lowest BCUT2D eigenvalue weighted by Crippen LogP contribution is -2.61. The zero-order chi connectivity index (χ0) is 35.6. The van der Waals surface area contributed by atoms with Crippen LogP contribution in [0.15, 0.2) is 76.5 Å². The summed E-state index contributed by atoms with van der Waals surface area (Å²) in [4.78, 5) is 51.3. The largest absolute Gasteiger partial charge is 0.457 e. The minimum atomic E-state index is -1.76. The SMILES string of the molecule is CC1(C)OC(=O)c2cc(N=Nc3ccccc3CC(=O)OCC(=O)C3(O)CCC4C5CCC6=CC(=O)C=CC6(C)C5C(O)CC43C)ccc2O1. The molecule has 1 aliphatic heterocycles. The summed E-state index contributed by atoms with van der Waals surface area (Å²) in [7, 11) is 0. The molecule has 0 spiro atoms. The maximum Gasteiger partial charge on any atom is 0.345 e. The molecule has 50 heavy (non-hydrogen) atoms. The van der Waals surface area contributed by atoms with E-state index in [0.29, 0.717) is 29.1 Å². The highest BCUT2D eigenvalue weighted by molar-refractivity contribution is 6.01. The Morgan fingerprint density at radius 3 is 2.60 bits per heavy atom. The molecule has 0 saturated heterocycles. The molecule has 2 aromatic carbocycles. The second-order valence-electron chi connectivity index (χ2n) is 15.3. The number of allylic oxidation sites excluding steroid dienone is 4. The molecule has 11 heteroatoms. The van der Waals surface area contributed by atoms with E-state index in [1.54, 1.807) is 62.4 Å². The van der Waals surface area contributed by atoms with E-state index < -0.39 is 52.7 Å². The van der Waals surface area contributed by atoms with Crippen molar-refractivity contribution in [3.63, 3.8) is 0 Å². The molecular weight excluding hydrogens is 640 g/mol. The van der Waals surface area contributed by atoms with Crippen LogP contribution < -0.4 is 4.74 Å². The predicted molar refractivity (Wildman–Crippen MR) is 180 cm³/mol. The van der Waals surface area contributed by atoms with E-state index in [0.717, 1.165) is 18.4 Å². The molecule has 0 radical (unpaired) electrons. The summed E-state index contributed by atoms with van der Waals surface area (Å²) < 4.78 is 16.4. The van der Waals surface area contributed by atoms with Crippen LogP contribution in [0, 0.1) is 28.6 Å². The van der Waals surface area contributed by atoms with Gasteiger partial charge >= 0.3 is 11.9 Å². The van der Waals surface area contributed by atoms with Crippen molar-refractivity contribution in [2.24, 2.45) is 38.8 Å². The van der Waals surface area contributed by atoms with Crippen molar-refractivity contribution in [3.8, 4) is 5.75 Å². The van der Waals surface area contributed by atoms with Crippen LogP contribution in [-0.2, 0) is 30.3 Å². The van der Waals surface area contributed by atoms with Gasteiger partial charge in [-0.15, -0.1) is 0 Å². The molecule has 7 atom stereocenters. The van der Waals surface area contributed by atoms with Gasteiger partial charge in [0.25, 0.3) is 0 Å². The molecule has 0 amide bonds. The Morgan fingerprint density at radius 2 is 1.80 bits per heavy atom. The Bertz CT molecular complexity index is 1880. The lowest BCUT2D eigenvalue weighted by atomic mass is 9.46. The summed E-state index contributed by atoms with van der Waals surface area (Å²) in [5.74, 6) is -2.56. The monoisotopic (exact) mass is 682 g/mol. The van der Waals surface area contributed by atoms with E-state index in [1.165, 1.54) is 6.07 Å². The normalized spacial score (nSPS) is 33.7. The van der Waals surface area contributed by atoms with Gasteiger partial charge in [-0.3, -0.25) is 14.4 Å². The number of aliphatic hydroxyl groups is 2. The van der Waals surface area contributed by atoms with Gasteiger partial charge in [-0.05, 0) is 85.9 Å². The zero-order valence-corrected chi connectivity index (χ0v) is 28.7. The first-order valence-corrected chi connectivity index (χ1v) is 17.2. The fraction of sp³-hybridized carbons (Fsp3) is 0.487. The molecule has 0 bridgehead atoms. The summed E-state index contributed by atoms with van der Waals surface area (Å²) in [6.07, 6.45) is 6.82. The van der Waals surface area contributed by atoms with Gasteiger partial charge < -0.3 is 24.4 Å². The number of fused-ring (bicyclic) bond motifs is 6. The topological polar surface area (TPSA) is 161 Å². The van der Waals surface area contributed by atoms with Crippen molar-refractivity contribution in [1.29, 1.82) is 0 Å². The number of Topliss-reactive ketones (excluding diaryl/α,β-unsaturated/α-hetero) is 1. The van der Waals surface area contributed by atoms with Gasteiger partial charge in [-0.1, -0.05) is 43.7 Å². The summed E-state index contributed by atoms with van der Waals surface area (Å²) in [5, 5.41) is 32.2. The molecule has 2 aromatic rings. The smallest absolute Gasteiger partial charge is 0.345 e. The molecule has 7 rings (SSSR count). The zero-order valence-electron chi connectivity index (χ0n) is 28.7. The average molecular weight is 683 g/mol. The number of nitrogens with zero attached hydrogens (tertiary/aromatic N) is 2. The molecule has 5 aliphatic rings. The molecule has 3 fully saturated rings. The van der Waals surface area contributed by atoms with E-state index in [1.807, 2.05) is 13.0 Å². The fourth-order valence-electron chi connectivity index (χ4n) is 9.52. The number of hydrogen-bond acceptors (Lipinski definition) is 11. The fourth-order valence-corrected chi connectivity index (χ4v) is 9.52. The number of benzene rings is 2. The van der Waals surface area contributed by atoms with E-state index in [9.17, 15) is 29.4 Å². The number of ketones is 2. The lowest BCUT2D eigenvalue weighted by Gasteiger charge is -2.59. The lowest BCUT2D eigenvalue weighted by molar-refractivity contribution is -0.181. The number of hydrogen-bond donors (Lipinski definition) is 2. The Morgan fingerprint density at radius 1 is 1.02 bits per heavy atom. The minimum Gasteiger partial charge on any atom is -0.457 e. The quantitative estimate of drug-likeness (QED) is 0.262. The van der Waals surface area contributed by atoms with Gasteiger partial charge in [0.05, 0.1) is 23.9 Å². The Labute approximate surface area is 290 Å². The Hall–Kier alpha value is -4.48. The second-order valence-corrected chi connectivity index (χ2v) is 15.3. The molecule has 262 valence electrons. The Kier molecular flexibility index (Phi) is 8.22. The van der Waals surface area contributed by atoms with E-state index in [2.05, 4.69) is 17.2 Å². The third kappa shape index (κ3) is 5.60. The standard InChI is InChI=1S/C39H42N2O9/c1-36(2)49-31-12-10-24(19-27(31)35(46)50-36)40-41-29-8-6-5-7-22(29)17-33(45)48-21-32(44)39(47)16-14-28-26-11-9-23-18-25(42)13-15-37(23,3)34(26)30(43)20-38(28,39)4/h5-8,10,12-13,15,18-19,26,28,30,34,43,47H,9,11,14,16-17,20-21H2,1-4H3. The summed E-state index contributed by atoms with van der Waals surface area (Å²) >= 11 is 0. The van der Waals surface area contributed by atoms with Gasteiger partial charge in [0, 0.05) is 30.6 Å². The first kappa shape index (κ1) is 34.0. The van der Waals surface area contributed by atoms with Crippen LogP contribution in [0.2, 0.25) is 0 Å². The van der Waals surface area contributed by atoms with Crippen molar-refractivity contribution in [2.75, 3.05) is 6.61 Å². The highest BCUT2D eigenvalue weighted by Crippen LogP contribution is 2.67. The van der Waals surface area contributed by atoms with Gasteiger partial charge in [0.15, 0.2) is 12.4 Å². The van der Waals surface area contributed by atoms with Gasteiger partial charge in [0.1, 0.15) is 16.9 Å². The van der Waals surface area contributed by atoms with Crippen LogP contribution in [-0.4, -0.2) is 57.8 Å². The second kappa shape index (κ2) is 12.1. The molecule has 4 aliphatic carbocycles. The molecular formula is C39H42N2O9. The number of ether oxygens (including phenoxy) is 3. The van der Waals surface area contributed by atoms with Crippen molar-refractivity contribution < 1.29 is 43.6 Å². The van der Waals surface area contributed by atoms with Gasteiger partial charge in [-0.25, -0.2) is 4.79 Å². The molecule has 2 N–H and O–H groups in total. The highest BCUT2D eigenvalue weighted by Gasteiger charge is 2.68. The Balaban J connectivity index is 1.01. The van der Waals surface area contributed by atoms with Crippen LogP contribution in [0.5, 0.6) is 5.75 Å². The molecule has 0 aromatic heterocycles. The third-order valence-corrected chi connectivity index (χ3v) is 12.0. The van der Waals surface area contributed by atoms with Crippen molar-refractivity contribution in [3.05, 3.63) is 77.4 Å². The number of rotatable bonds is 7. The average Bonchev–Trinajstić information content (AvgIpc) is 3.33.